The van der Waals surface area contributed by atoms with Crippen LogP contribution in [-0.2, 0) is 11.2 Å². The fourth-order valence-electron chi connectivity index (χ4n) is 1.33. The van der Waals surface area contributed by atoms with Gasteiger partial charge in [0.2, 0.25) is 5.91 Å². The van der Waals surface area contributed by atoms with Crippen molar-refractivity contribution < 1.29 is 4.79 Å². The van der Waals surface area contributed by atoms with Crippen LogP contribution in [0, 0.1) is 0 Å². The molecule has 0 spiro atoms. The summed E-state index contributed by atoms with van der Waals surface area (Å²) in [7, 11) is 0. The highest BCUT2D eigenvalue weighted by Gasteiger charge is 2.06. The minimum Gasteiger partial charge on any atom is -0.350 e. The van der Waals surface area contributed by atoms with Crippen LogP contribution < -0.4 is 5.32 Å². The quantitative estimate of drug-likeness (QED) is 0.781. The van der Waals surface area contributed by atoms with E-state index in [4.69, 9.17) is 0 Å². The second kappa shape index (κ2) is 5.71. The van der Waals surface area contributed by atoms with Crippen LogP contribution in [0.25, 0.3) is 0 Å². The first-order chi connectivity index (χ1) is 7.08. The maximum Gasteiger partial charge on any atom is 0.244 e. The molecule has 1 heterocycles. The van der Waals surface area contributed by atoms with Crippen molar-refractivity contribution in [3.63, 3.8) is 0 Å². The first-order valence-electron chi connectivity index (χ1n) is 5.05. The van der Waals surface area contributed by atoms with E-state index in [1.165, 1.54) is 4.88 Å². The van der Waals surface area contributed by atoms with E-state index in [2.05, 4.69) is 16.8 Å². The van der Waals surface area contributed by atoms with Crippen molar-refractivity contribution in [2.24, 2.45) is 0 Å². The zero-order valence-corrected chi connectivity index (χ0v) is 10.2. The molecule has 3 heteroatoms. The van der Waals surface area contributed by atoms with Gasteiger partial charge in [0.15, 0.2) is 0 Å². The highest BCUT2D eigenvalue weighted by Crippen LogP contribution is 2.10. The lowest BCUT2D eigenvalue weighted by Gasteiger charge is -2.11. The Morgan fingerprint density at radius 3 is 2.87 bits per heavy atom. The molecule has 0 aromatic carbocycles. The largest absolute Gasteiger partial charge is 0.350 e. The maximum absolute atomic E-state index is 11.4. The smallest absolute Gasteiger partial charge is 0.244 e. The molecule has 82 valence electrons. The van der Waals surface area contributed by atoms with Crippen LogP contribution in [0.5, 0.6) is 0 Å². The molecule has 0 aliphatic carbocycles. The van der Waals surface area contributed by atoms with Gasteiger partial charge in [0.25, 0.3) is 0 Å². The summed E-state index contributed by atoms with van der Waals surface area (Å²) in [5, 5.41) is 5.00. The summed E-state index contributed by atoms with van der Waals surface area (Å²) in [6, 6.07) is 4.31. The fourth-order valence-corrected chi connectivity index (χ4v) is 2.16. The molecule has 2 nitrogen and oxygen atoms in total. The molecular weight excluding hydrogens is 206 g/mol. The van der Waals surface area contributed by atoms with Gasteiger partial charge in [0, 0.05) is 23.4 Å². The number of carbonyl (C=O) groups is 1. The summed E-state index contributed by atoms with van der Waals surface area (Å²) < 4.78 is 0. The van der Waals surface area contributed by atoms with Gasteiger partial charge in [-0.1, -0.05) is 11.6 Å². The summed E-state index contributed by atoms with van der Waals surface area (Å²) in [5.41, 5.74) is 1.02. The number of carbonyl (C=O) groups excluding carboxylic acids is 1. The van der Waals surface area contributed by atoms with Crippen molar-refractivity contribution in [1.82, 2.24) is 5.32 Å². The van der Waals surface area contributed by atoms with E-state index >= 15 is 0 Å². The molecule has 0 saturated carbocycles. The van der Waals surface area contributed by atoms with Crippen molar-refractivity contribution in [3.8, 4) is 0 Å². The van der Waals surface area contributed by atoms with E-state index in [-0.39, 0.29) is 11.9 Å². The lowest BCUT2D eigenvalue weighted by molar-refractivity contribution is -0.117. The molecule has 0 radical (unpaired) electrons. The van der Waals surface area contributed by atoms with Gasteiger partial charge >= 0.3 is 0 Å². The lowest BCUT2D eigenvalue weighted by atomic mass is 10.2. The van der Waals surface area contributed by atoms with Crippen molar-refractivity contribution in [2.45, 2.75) is 33.2 Å². The highest BCUT2D eigenvalue weighted by atomic mass is 32.1. The molecule has 1 atom stereocenters. The summed E-state index contributed by atoms with van der Waals surface area (Å²) in [6.45, 7) is 5.86. The van der Waals surface area contributed by atoms with Crippen LogP contribution in [0.3, 0.4) is 0 Å². The normalized spacial score (nSPS) is 11.9. The minimum absolute atomic E-state index is 0.000874. The van der Waals surface area contributed by atoms with Gasteiger partial charge in [0.05, 0.1) is 0 Å². The molecule has 0 bridgehead atoms. The molecule has 1 amide bonds. The molecule has 0 fully saturated rings. The molecule has 1 aromatic heterocycles. The number of amides is 1. The topological polar surface area (TPSA) is 29.1 Å². The molecule has 1 rings (SSSR count). The van der Waals surface area contributed by atoms with Gasteiger partial charge in [-0.05, 0) is 32.2 Å². The van der Waals surface area contributed by atoms with Gasteiger partial charge in [-0.25, -0.2) is 0 Å². The van der Waals surface area contributed by atoms with Crippen LogP contribution >= 0.6 is 11.3 Å². The van der Waals surface area contributed by atoms with E-state index in [0.717, 1.165) is 12.0 Å². The van der Waals surface area contributed by atoms with Crippen molar-refractivity contribution in [3.05, 3.63) is 34.0 Å². The summed E-state index contributed by atoms with van der Waals surface area (Å²) in [4.78, 5) is 12.7. The molecule has 0 unspecified atom stereocenters. The van der Waals surface area contributed by atoms with Crippen molar-refractivity contribution >= 4 is 17.2 Å². The third-order valence-electron chi connectivity index (χ3n) is 1.90. The third-order valence-corrected chi connectivity index (χ3v) is 2.79. The van der Waals surface area contributed by atoms with Crippen LogP contribution in [0.1, 0.15) is 25.6 Å². The second-order valence-electron chi connectivity index (χ2n) is 3.91. The average Bonchev–Trinajstić information content (AvgIpc) is 2.53. The first-order valence-corrected chi connectivity index (χ1v) is 5.93. The van der Waals surface area contributed by atoms with E-state index in [0.29, 0.717) is 0 Å². The van der Waals surface area contributed by atoms with Gasteiger partial charge in [0.1, 0.15) is 0 Å². The third kappa shape index (κ3) is 4.79. The van der Waals surface area contributed by atoms with Crippen LogP contribution in [-0.4, -0.2) is 11.9 Å². The number of nitrogens with one attached hydrogen (secondary N) is 1. The van der Waals surface area contributed by atoms with Crippen LogP contribution in [0.15, 0.2) is 29.2 Å². The zero-order valence-electron chi connectivity index (χ0n) is 9.41. The SMILES string of the molecule is CC(C)=CC(=O)N[C@@H](C)Cc1cccs1. The Labute approximate surface area is 95.0 Å². The molecule has 15 heavy (non-hydrogen) atoms. The molecule has 0 aliphatic heterocycles. The van der Waals surface area contributed by atoms with E-state index < -0.39 is 0 Å². The Bertz CT molecular complexity index is 337. The molecule has 0 saturated heterocycles. The Morgan fingerprint density at radius 1 is 1.60 bits per heavy atom. The number of hydrogen-bond acceptors (Lipinski definition) is 2. The Kier molecular flexibility index (Phi) is 4.56. The monoisotopic (exact) mass is 223 g/mol. The predicted molar refractivity (Wildman–Crippen MR) is 65.1 cm³/mol. The maximum atomic E-state index is 11.4. The molecule has 0 aliphatic rings. The minimum atomic E-state index is -0.000874. The Morgan fingerprint density at radius 2 is 2.33 bits per heavy atom. The molecule has 1 aromatic rings. The average molecular weight is 223 g/mol. The van der Waals surface area contributed by atoms with Gasteiger partial charge < -0.3 is 5.32 Å². The van der Waals surface area contributed by atoms with Gasteiger partial charge in [-0.3, -0.25) is 4.79 Å². The second-order valence-corrected chi connectivity index (χ2v) is 4.95. The van der Waals surface area contributed by atoms with Gasteiger partial charge in [-0.2, -0.15) is 0 Å². The van der Waals surface area contributed by atoms with E-state index in [9.17, 15) is 4.79 Å². The van der Waals surface area contributed by atoms with Crippen molar-refractivity contribution in [2.75, 3.05) is 0 Å². The fraction of sp³-hybridized carbons (Fsp3) is 0.417. The summed E-state index contributed by atoms with van der Waals surface area (Å²) >= 11 is 1.73. The number of thiophene rings is 1. The predicted octanol–water partition coefficient (Wildman–Crippen LogP) is 2.76. The standard InChI is InChI=1S/C12H17NOS/c1-9(2)7-12(14)13-10(3)8-11-5-4-6-15-11/h4-7,10H,8H2,1-3H3,(H,13,14)/t10-/m0/s1. The Balaban J connectivity index is 2.39. The van der Waals surface area contributed by atoms with E-state index in [1.807, 2.05) is 26.8 Å². The van der Waals surface area contributed by atoms with Crippen molar-refractivity contribution in [1.29, 1.82) is 0 Å². The first kappa shape index (κ1) is 12.0. The highest BCUT2D eigenvalue weighted by molar-refractivity contribution is 7.09. The number of allylic oxidation sites excluding steroid dienone is 1. The Hall–Kier alpha value is -1.09. The van der Waals surface area contributed by atoms with Crippen LogP contribution in [0.4, 0.5) is 0 Å². The summed E-state index contributed by atoms with van der Waals surface area (Å²) in [6.07, 6.45) is 2.53. The molecular formula is C12H17NOS. The summed E-state index contributed by atoms with van der Waals surface area (Å²) in [5.74, 6) is -0.000874. The molecule has 1 N–H and O–H groups in total. The zero-order chi connectivity index (χ0) is 11.3. The number of rotatable bonds is 4. The lowest BCUT2D eigenvalue weighted by Crippen LogP contribution is -2.32. The number of hydrogen-bond donors (Lipinski definition) is 1. The van der Waals surface area contributed by atoms with Crippen LogP contribution in [0.2, 0.25) is 0 Å². The van der Waals surface area contributed by atoms with E-state index in [1.54, 1.807) is 17.4 Å². The van der Waals surface area contributed by atoms with Gasteiger partial charge in [-0.15, -0.1) is 11.3 Å².